The van der Waals surface area contributed by atoms with Crippen molar-refractivity contribution >= 4 is 17.4 Å². The molecule has 1 aromatic carbocycles. The molecule has 8 nitrogen and oxygen atoms in total. The number of anilines is 2. The van der Waals surface area contributed by atoms with E-state index in [1.807, 2.05) is 18.2 Å². The number of aromatic amines is 1. The van der Waals surface area contributed by atoms with Crippen molar-refractivity contribution in [1.82, 2.24) is 20.1 Å². The smallest absolute Gasteiger partial charge is 0.343 e. The Morgan fingerprint density at radius 3 is 3.00 bits per heavy atom. The molecule has 2 aromatic rings. The molecule has 1 aliphatic heterocycles. The second kappa shape index (κ2) is 4.72. The lowest BCUT2D eigenvalue weighted by atomic mass is 10.1. The summed E-state index contributed by atoms with van der Waals surface area (Å²) in [5, 5.41) is 14.9. The molecule has 0 bridgehead atoms. The molecule has 1 aliphatic rings. The summed E-state index contributed by atoms with van der Waals surface area (Å²) >= 11 is 0. The maximum atomic E-state index is 11.3. The lowest BCUT2D eigenvalue weighted by Gasteiger charge is -2.19. The highest BCUT2D eigenvalue weighted by Crippen LogP contribution is 2.23. The van der Waals surface area contributed by atoms with Crippen molar-refractivity contribution in [2.45, 2.75) is 13.1 Å². The summed E-state index contributed by atoms with van der Waals surface area (Å²) in [6.45, 7) is 0.940. The molecule has 0 radical (unpaired) electrons. The van der Waals surface area contributed by atoms with Gasteiger partial charge in [-0.25, -0.2) is 14.7 Å². The van der Waals surface area contributed by atoms with Gasteiger partial charge < -0.3 is 16.0 Å². The zero-order chi connectivity index (χ0) is 14.1. The lowest BCUT2D eigenvalue weighted by Crippen LogP contribution is -2.33. The second-order valence-corrected chi connectivity index (χ2v) is 4.54. The van der Waals surface area contributed by atoms with E-state index >= 15 is 0 Å². The van der Waals surface area contributed by atoms with Crippen LogP contribution in [0.4, 0.5) is 16.2 Å². The Kier molecular flexibility index (Phi) is 2.90. The highest BCUT2D eigenvalue weighted by molar-refractivity contribution is 5.92. The highest BCUT2D eigenvalue weighted by Gasteiger charge is 2.13. The zero-order valence-corrected chi connectivity index (χ0v) is 10.9. The van der Waals surface area contributed by atoms with Crippen LogP contribution >= 0.6 is 0 Å². The van der Waals surface area contributed by atoms with Crippen molar-refractivity contribution < 1.29 is 4.79 Å². The van der Waals surface area contributed by atoms with Gasteiger partial charge in [-0.05, 0) is 17.7 Å². The van der Waals surface area contributed by atoms with Crippen LogP contribution in [0.1, 0.15) is 11.4 Å². The number of rotatable bonds is 3. The third-order valence-electron chi connectivity index (χ3n) is 3.22. The van der Waals surface area contributed by atoms with E-state index in [1.165, 1.54) is 4.57 Å². The highest BCUT2D eigenvalue weighted by atomic mass is 16.2. The van der Waals surface area contributed by atoms with Crippen molar-refractivity contribution in [3.05, 3.63) is 40.1 Å². The molecule has 8 heteroatoms. The first-order chi connectivity index (χ1) is 9.63. The number of benzene rings is 1. The number of urea groups is 1. The molecule has 1 aromatic heterocycles. The SMILES string of the molecule is Cn1c(CNc2ccc3c(c2)NC(=O)NC3)n[nH]c1=O. The summed E-state index contributed by atoms with van der Waals surface area (Å²) in [5.41, 5.74) is 2.42. The normalized spacial score (nSPS) is 13.3. The van der Waals surface area contributed by atoms with Gasteiger partial charge in [-0.1, -0.05) is 6.07 Å². The van der Waals surface area contributed by atoms with Crippen LogP contribution in [0, 0.1) is 0 Å². The van der Waals surface area contributed by atoms with Crippen LogP contribution in [0.5, 0.6) is 0 Å². The van der Waals surface area contributed by atoms with E-state index < -0.39 is 0 Å². The Labute approximate surface area is 114 Å². The van der Waals surface area contributed by atoms with Crippen molar-refractivity contribution in [2.75, 3.05) is 10.6 Å². The van der Waals surface area contributed by atoms with Gasteiger partial charge in [0.25, 0.3) is 0 Å². The van der Waals surface area contributed by atoms with Crippen molar-refractivity contribution in [3.8, 4) is 0 Å². The number of hydrogen-bond acceptors (Lipinski definition) is 4. The van der Waals surface area contributed by atoms with Gasteiger partial charge in [0, 0.05) is 25.0 Å². The van der Waals surface area contributed by atoms with Gasteiger partial charge >= 0.3 is 11.7 Å². The Bertz CT molecular complexity index is 717. The molecular formula is C12H14N6O2. The molecule has 0 unspecified atom stereocenters. The number of carbonyl (C=O) groups is 1. The summed E-state index contributed by atoms with van der Waals surface area (Å²) < 4.78 is 1.44. The number of nitrogens with one attached hydrogen (secondary N) is 4. The van der Waals surface area contributed by atoms with E-state index in [4.69, 9.17) is 0 Å². The number of fused-ring (bicyclic) bond motifs is 1. The monoisotopic (exact) mass is 274 g/mol. The summed E-state index contributed by atoms with van der Waals surface area (Å²) in [4.78, 5) is 22.5. The van der Waals surface area contributed by atoms with Gasteiger partial charge in [-0.15, -0.1) is 0 Å². The van der Waals surface area contributed by atoms with E-state index in [1.54, 1.807) is 7.05 Å². The fraction of sp³-hybridized carbons (Fsp3) is 0.250. The van der Waals surface area contributed by atoms with Gasteiger partial charge in [-0.3, -0.25) is 4.57 Å². The topological polar surface area (TPSA) is 104 Å². The average Bonchev–Trinajstić information content (AvgIpc) is 2.76. The third-order valence-corrected chi connectivity index (χ3v) is 3.22. The Balaban J connectivity index is 1.75. The zero-order valence-electron chi connectivity index (χ0n) is 10.9. The number of hydrogen-bond donors (Lipinski definition) is 4. The maximum absolute atomic E-state index is 11.3. The first-order valence-electron chi connectivity index (χ1n) is 6.15. The number of carbonyl (C=O) groups excluding carboxylic acids is 1. The van der Waals surface area contributed by atoms with E-state index in [-0.39, 0.29) is 11.7 Å². The molecule has 0 saturated heterocycles. The number of H-pyrrole nitrogens is 1. The van der Waals surface area contributed by atoms with Gasteiger partial charge in [0.15, 0.2) is 5.82 Å². The minimum Gasteiger partial charge on any atom is -0.378 e. The van der Waals surface area contributed by atoms with Crippen molar-refractivity contribution in [3.63, 3.8) is 0 Å². The summed E-state index contributed by atoms with van der Waals surface area (Å²) in [7, 11) is 1.65. The fourth-order valence-corrected chi connectivity index (χ4v) is 2.02. The minimum atomic E-state index is -0.245. The number of nitrogens with zero attached hydrogens (tertiary/aromatic N) is 2. The van der Waals surface area contributed by atoms with E-state index in [0.29, 0.717) is 18.9 Å². The van der Waals surface area contributed by atoms with Crippen LogP contribution in [0.3, 0.4) is 0 Å². The first-order valence-corrected chi connectivity index (χ1v) is 6.15. The summed E-state index contributed by atoms with van der Waals surface area (Å²) in [6, 6.07) is 5.51. The Hall–Kier alpha value is -2.77. The second-order valence-electron chi connectivity index (χ2n) is 4.54. The van der Waals surface area contributed by atoms with Crippen LogP contribution in [-0.4, -0.2) is 20.8 Å². The van der Waals surface area contributed by atoms with Crippen molar-refractivity contribution in [2.24, 2.45) is 7.05 Å². The van der Waals surface area contributed by atoms with Crippen LogP contribution < -0.4 is 21.6 Å². The number of aromatic nitrogens is 3. The Morgan fingerprint density at radius 2 is 2.25 bits per heavy atom. The Morgan fingerprint density at radius 1 is 1.40 bits per heavy atom. The largest absolute Gasteiger partial charge is 0.378 e. The molecule has 2 amide bonds. The van der Waals surface area contributed by atoms with Gasteiger partial charge in [0.1, 0.15) is 0 Å². The quantitative estimate of drug-likeness (QED) is 0.648. The molecule has 0 aliphatic carbocycles. The van der Waals surface area contributed by atoms with Gasteiger partial charge in [0.2, 0.25) is 0 Å². The van der Waals surface area contributed by atoms with Crippen LogP contribution in [-0.2, 0) is 20.1 Å². The standard InChI is InChI=1S/C12H14N6O2/c1-18-10(16-17-12(18)20)6-13-8-3-2-7-5-14-11(19)15-9(7)4-8/h2-4,13H,5-6H2,1H3,(H,17,20)(H2,14,15,19). The molecule has 0 fully saturated rings. The fourth-order valence-electron chi connectivity index (χ4n) is 2.02. The molecule has 2 heterocycles. The van der Waals surface area contributed by atoms with Gasteiger partial charge in [-0.2, -0.15) is 5.10 Å². The minimum absolute atomic E-state index is 0.204. The molecule has 0 saturated carbocycles. The predicted octanol–water partition coefficient (Wildman–Crippen LogP) is 0.356. The lowest BCUT2D eigenvalue weighted by molar-refractivity contribution is 0.251. The molecule has 0 atom stereocenters. The summed E-state index contributed by atoms with van der Waals surface area (Å²) in [6.07, 6.45) is 0. The van der Waals surface area contributed by atoms with E-state index in [2.05, 4.69) is 26.1 Å². The molecule has 104 valence electrons. The average molecular weight is 274 g/mol. The van der Waals surface area contributed by atoms with Crippen LogP contribution in [0.2, 0.25) is 0 Å². The molecular weight excluding hydrogens is 260 g/mol. The van der Waals surface area contributed by atoms with Gasteiger partial charge in [0.05, 0.1) is 6.54 Å². The maximum Gasteiger partial charge on any atom is 0.343 e. The van der Waals surface area contributed by atoms with Crippen molar-refractivity contribution in [1.29, 1.82) is 0 Å². The summed E-state index contributed by atoms with van der Waals surface area (Å²) in [5.74, 6) is 0.610. The van der Waals surface area contributed by atoms with E-state index in [0.717, 1.165) is 16.9 Å². The molecule has 4 N–H and O–H groups in total. The van der Waals surface area contributed by atoms with Crippen LogP contribution in [0.25, 0.3) is 0 Å². The molecule has 0 spiro atoms. The van der Waals surface area contributed by atoms with E-state index in [9.17, 15) is 9.59 Å². The predicted molar refractivity (Wildman–Crippen MR) is 73.5 cm³/mol. The number of amides is 2. The van der Waals surface area contributed by atoms with Crippen LogP contribution in [0.15, 0.2) is 23.0 Å². The third kappa shape index (κ3) is 2.22. The molecule has 3 rings (SSSR count). The molecule has 20 heavy (non-hydrogen) atoms. The first kappa shape index (κ1) is 12.3.